The molecule has 0 amide bonds. The molecule has 0 heterocycles. The normalized spacial score (nSPS) is 10.4. The van der Waals surface area contributed by atoms with Crippen LogP contribution in [0.1, 0.15) is 103 Å². The average Bonchev–Trinajstić information content (AvgIpc) is 2.46. The highest BCUT2D eigenvalue weighted by atomic mass is 35.5. The van der Waals surface area contributed by atoms with Crippen molar-refractivity contribution in [3.8, 4) is 0 Å². The van der Waals surface area contributed by atoms with E-state index in [4.69, 9.17) is 10.8 Å². The Balaban J connectivity index is 0. The zero-order valence-electron chi connectivity index (χ0n) is 14.4. The Labute approximate surface area is 143 Å². The maximum atomic E-state index is 10.3. The van der Waals surface area contributed by atoms with Gasteiger partial charge in [0.25, 0.3) is 0 Å². The van der Waals surface area contributed by atoms with Gasteiger partial charge in [-0.2, -0.15) is 0 Å². The van der Waals surface area contributed by atoms with Crippen molar-refractivity contribution in [2.75, 3.05) is 6.54 Å². The molecule has 134 valence electrons. The second-order valence-electron chi connectivity index (χ2n) is 6.24. The van der Waals surface area contributed by atoms with E-state index in [1.807, 2.05) is 0 Å². The van der Waals surface area contributed by atoms with Crippen LogP contribution in [0.3, 0.4) is 0 Å². The van der Waals surface area contributed by atoms with Crippen molar-refractivity contribution < 1.29 is 9.90 Å². The van der Waals surface area contributed by atoms with Crippen LogP contribution in [0, 0.1) is 0 Å². The number of nitrogens with two attached hydrogens (primary N) is 1. The highest BCUT2D eigenvalue weighted by molar-refractivity contribution is 5.85. The van der Waals surface area contributed by atoms with E-state index in [9.17, 15) is 4.79 Å². The summed E-state index contributed by atoms with van der Waals surface area (Å²) < 4.78 is 0. The van der Waals surface area contributed by atoms with E-state index in [2.05, 4.69) is 0 Å². The molecule has 0 aromatic carbocycles. The smallest absolute Gasteiger partial charge is 0.303 e. The number of rotatable bonds is 17. The summed E-state index contributed by atoms with van der Waals surface area (Å²) in [5, 5.41) is 8.52. The molecule has 0 unspecified atom stereocenters. The van der Waals surface area contributed by atoms with Crippen LogP contribution in [-0.4, -0.2) is 17.6 Å². The summed E-state index contributed by atoms with van der Waals surface area (Å²) in [5.74, 6) is -0.658. The molecule has 0 aliphatic carbocycles. The Bertz CT molecular complexity index is 225. The van der Waals surface area contributed by atoms with Crippen molar-refractivity contribution in [1.82, 2.24) is 0 Å². The number of carbonyl (C=O) groups is 1. The zero-order valence-corrected chi connectivity index (χ0v) is 15.2. The molecule has 3 nitrogen and oxygen atoms in total. The number of halogens is 1. The molecule has 0 aliphatic heterocycles. The van der Waals surface area contributed by atoms with Gasteiger partial charge < -0.3 is 10.8 Å². The summed E-state index contributed by atoms with van der Waals surface area (Å²) in [4.78, 5) is 10.3. The fourth-order valence-electron chi connectivity index (χ4n) is 2.72. The summed E-state index contributed by atoms with van der Waals surface area (Å²) in [6.07, 6.45) is 19.6. The molecule has 0 aromatic heterocycles. The van der Waals surface area contributed by atoms with Gasteiger partial charge in [0.1, 0.15) is 0 Å². The minimum Gasteiger partial charge on any atom is -0.481 e. The van der Waals surface area contributed by atoms with Crippen LogP contribution in [0.25, 0.3) is 0 Å². The number of carboxylic acid groups (broad SMARTS) is 1. The third-order valence-corrected chi connectivity index (χ3v) is 4.09. The number of aliphatic carboxylic acids is 1. The molecule has 3 N–H and O–H groups in total. The zero-order chi connectivity index (χ0) is 15.6. The van der Waals surface area contributed by atoms with Gasteiger partial charge in [-0.15, -0.1) is 12.4 Å². The molecule has 0 radical (unpaired) electrons. The van der Waals surface area contributed by atoms with Crippen LogP contribution in [0.4, 0.5) is 0 Å². The highest BCUT2D eigenvalue weighted by Crippen LogP contribution is 2.13. The summed E-state index contributed by atoms with van der Waals surface area (Å²) in [6.45, 7) is 0.847. The molecule has 0 saturated carbocycles. The van der Waals surface area contributed by atoms with Gasteiger partial charge in [0.05, 0.1) is 0 Å². The molecule has 0 fully saturated rings. The van der Waals surface area contributed by atoms with Crippen molar-refractivity contribution >= 4 is 18.4 Å². The van der Waals surface area contributed by atoms with Crippen molar-refractivity contribution in [3.05, 3.63) is 0 Å². The first-order chi connectivity index (χ1) is 10.3. The van der Waals surface area contributed by atoms with Crippen molar-refractivity contribution in [3.63, 3.8) is 0 Å². The molecule has 0 atom stereocenters. The molecular weight excluding hydrogens is 298 g/mol. The number of carboxylic acids is 1. The van der Waals surface area contributed by atoms with E-state index in [1.54, 1.807) is 0 Å². The Kier molecular flexibility index (Phi) is 22.6. The average molecular weight is 336 g/mol. The fraction of sp³-hybridized carbons (Fsp3) is 0.944. The third kappa shape index (κ3) is 22.0. The second-order valence-corrected chi connectivity index (χ2v) is 6.24. The first kappa shape index (κ1) is 24.0. The Morgan fingerprint density at radius 2 is 0.864 bits per heavy atom. The van der Waals surface area contributed by atoms with E-state index in [1.165, 1.54) is 83.5 Å². The van der Waals surface area contributed by atoms with E-state index in [0.717, 1.165) is 19.4 Å². The molecule has 0 saturated heterocycles. The van der Waals surface area contributed by atoms with E-state index in [0.29, 0.717) is 6.42 Å². The molecule has 4 heteroatoms. The maximum absolute atomic E-state index is 10.3. The van der Waals surface area contributed by atoms with Crippen LogP contribution in [-0.2, 0) is 4.79 Å². The van der Waals surface area contributed by atoms with Gasteiger partial charge in [-0.05, 0) is 19.4 Å². The van der Waals surface area contributed by atoms with Crippen LogP contribution in [0.15, 0.2) is 0 Å². The van der Waals surface area contributed by atoms with Gasteiger partial charge in [0, 0.05) is 6.42 Å². The van der Waals surface area contributed by atoms with E-state index >= 15 is 0 Å². The maximum Gasteiger partial charge on any atom is 0.303 e. The molecule has 0 aromatic rings. The Hall–Kier alpha value is -0.280. The van der Waals surface area contributed by atoms with Gasteiger partial charge >= 0.3 is 5.97 Å². The summed E-state index contributed by atoms with van der Waals surface area (Å²) in [6, 6.07) is 0. The molecule has 0 rings (SSSR count). The Morgan fingerprint density at radius 1 is 0.591 bits per heavy atom. The van der Waals surface area contributed by atoms with Gasteiger partial charge in [-0.25, -0.2) is 0 Å². The lowest BCUT2D eigenvalue weighted by atomic mass is 10.0. The first-order valence-electron chi connectivity index (χ1n) is 9.19. The van der Waals surface area contributed by atoms with Crippen LogP contribution < -0.4 is 5.73 Å². The third-order valence-electron chi connectivity index (χ3n) is 4.09. The summed E-state index contributed by atoms with van der Waals surface area (Å²) in [7, 11) is 0. The summed E-state index contributed by atoms with van der Waals surface area (Å²) in [5.41, 5.74) is 5.47. The monoisotopic (exact) mass is 335 g/mol. The van der Waals surface area contributed by atoms with Crippen LogP contribution >= 0.6 is 12.4 Å². The van der Waals surface area contributed by atoms with Crippen LogP contribution in [0.2, 0.25) is 0 Å². The van der Waals surface area contributed by atoms with E-state index in [-0.39, 0.29) is 12.4 Å². The molecule has 0 spiro atoms. The van der Waals surface area contributed by atoms with Crippen molar-refractivity contribution in [1.29, 1.82) is 0 Å². The van der Waals surface area contributed by atoms with Gasteiger partial charge in [0.15, 0.2) is 0 Å². The lowest BCUT2D eigenvalue weighted by molar-refractivity contribution is -0.137. The minimum atomic E-state index is -0.658. The molecule has 22 heavy (non-hydrogen) atoms. The number of hydrogen-bond donors (Lipinski definition) is 2. The lowest BCUT2D eigenvalue weighted by Gasteiger charge is -2.03. The highest BCUT2D eigenvalue weighted by Gasteiger charge is 1.97. The largest absolute Gasteiger partial charge is 0.481 e. The molecular formula is C18H38ClNO2. The summed E-state index contributed by atoms with van der Waals surface area (Å²) >= 11 is 0. The fourth-order valence-corrected chi connectivity index (χ4v) is 2.72. The number of hydrogen-bond acceptors (Lipinski definition) is 2. The van der Waals surface area contributed by atoms with Gasteiger partial charge in [-0.3, -0.25) is 4.79 Å². The quantitative estimate of drug-likeness (QED) is 0.335. The predicted molar refractivity (Wildman–Crippen MR) is 97.8 cm³/mol. The number of unbranched alkanes of at least 4 members (excludes halogenated alkanes) is 14. The lowest BCUT2D eigenvalue weighted by Crippen LogP contribution is -1.97. The molecule has 0 aliphatic rings. The Morgan fingerprint density at radius 3 is 1.14 bits per heavy atom. The van der Waals surface area contributed by atoms with Gasteiger partial charge in [-0.1, -0.05) is 83.5 Å². The van der Waals surface area contributed by atoms with E-state index < -0.39 is 5.97 Å². The second kappa shape index (κ2) is 20.7. The topological polar surface area (TPSA) is 63.3 Å². The van der Waals surface area contributed by atoms with Gasteiger partial charge in [0.2, 0.25) is 0 Å². The first-order valence-corrected chi connectivity index (χ1v) is 9.19. The minimum absolute atomic E-state index is 0. The SMILES string of the molecule is Cl.NCCCCCCCCCCCCCCCCCC(=O)O. The molecule has 0 bridgehead atoms. The standard InChI is InChI=1S/C18H37NO2.ClH/c19-17-15-13-11-9-7-5-3-1-2-4-6-8-10-12-14-16-18(20)21;/h1-17,19H2,(H,20,21);1H. The van der Waals surface area contributed by atoms with Crippen molar-refractivity contribution in [2.24, 2.45) is 5.73 Å². The van der Waals surface area contributed by atoms with Crippen LogP contribution in [0.5, 0.6) is 0 Å². The van der Waals surface area contributed by atoms with Crippen molar-refractivity contribution in [2.45, 2.75) is 103 Å². The predicted octanol–water partition coefficient (Wildman–Crippen LogP) is 5.69.